The summed E-state index contributed by atoms with van der Waals surface area (Å²) in [5.41, 5.74) is 4.26. The number of nitrogens with one attached hydrogen (secondary N) is 1. The molecule has 0 fully saturated rings. The van der Waals surface area contributed by atoms with Crippen LogP contribution in [0.15, 0.2) is 12.1 Å². The van der Waals surface area contributed by atoms with Gasteiger partial charge in [0.25, 0.3) is 0 Å². The number of anilines is 1. The lowest BCUT2D eigenvalue weighted by atomic mass is 10.1. The molecule has 0 saturated heterocycles. The lowest BCUT2D eigenvalue weighted by Crippen LogP contribution is -2.35. The average molecular weight is 264 g/mol. The van der Waals surface area contributed by atoms with Gasteiger partial charge in [0.15, 0.2) is 0 Å². The monoisotopic (exact) mass is 264 g/mol. The number of carbonyl (C=O) groups excluding carboxylic acids is 1. The van der Waals surface area contributed by atoms with E-state index < -0.39 is 0 Å². The minimum Gasteiger partial charge on any atom is -0.395 e. The van der Waals surface area contributed by atoms with Crippen molar-refractivity contribution in [1.29, 1.82) is 0 Å². The second-order valence-corrected chi connectivity index (χ2v) is 4.91. The molecule has 0 heterocycles. The molecule has 0 unspecified atom stereocenters. The Morgan fingerprint density at radius 3 is 2.32 bits per heavy atom. The normalized spacial score (nSPS) is 10.8. The number of aliphatic hydroxyl groups is 1. The van der Waals surface area contributed by atoms with Crippen molar-refractivity contribution in [2.75, 3.05) is 31.6 Å². The minimum atomic E-state index is -0.0367. The molecule has 0 radical (unpaired) electrons. The molecule has 2 N–H and O–H groups in total. The third-order valence-corrected chi connectivity index (χ3v) is 3.17. The first-order chi connectivity index (χ1) is 8.97. The van der Waals surface area contributed by atoms with Gasteiger partial charge >= 0.3 is 0 Å². The summed E-state index contributed by atoms with van der Waals surface area (Å²) < 4.78 is 0. The molecule has 1 rings (SSSR count). The van der Waals surface area contributed by atoms with Crippen molar-refractivity contribution in [2.45, 2.75) is 27.7 Å². The van der Waals surface area contributed by atoms with Crippen molar-refractivity contribution in [1.82, 2.24) is 4.90 Å². The standard InChI is InChI=1S/C15H24N2O2/c1-5-17(6-7-18)10-14(19)16-15-12(3)8-11(2)9-13(15)4/h8-9,18H,5-7,10H2,1-4H3,(H,16,19). The zero-order valence-electron chi connectivity index (χ0n) is 12.3. The highest BCUT2D eigenvalue weighted by Crippen LogP contribution is 2.21. The number of carbonyl (C=O) groups is 1. The van der Waals surface area contributed by atoms with Crippen LogP contribution in [0.2, 0.25) is 0 Å². The topological polar surface area (TPSA) is 52.6 Å². The summed E-state index contributed by atoms with van der Waals surface area (Å²) in [7, 11) is 0. The predicted octanol–water partition coefficient (Wildman–Crippen LogP) is 1.86. The molecule has 19 heavy (non-hydrogen) atoms. The van der Waals surface area contributed by atoms with Crippen LogP contribution < -0.4 is 5.32 Å². The summed E-state index contributed by atoms with van der Waals surface area (Å²) in [5, 5.41) is 11.9. The molecule has 0 aromatic heterocycles. The smallest absolute Gasteiger partial charge is 0.238 e. The van der Waals surface area contributed by atoms with Crippen LogP contribution in [-0.2, 0) is 4.79 Å². The Morgan fingerprint density at radius 2 is 1.84 bits per heavy atom. The number of rotatable bonds is 6. The number of benzene rings is 1. The van der Waals surface area contributed by atoms with Crippen molar-refractivity contribution >= 4 is 11.6 Å². The first-order valence-electron chi connectivity index (χ1n) is 6.68. The molecular formula is C15H24N2O2. The molecule has 0 bridgehead atoms. The third kappa shape index (κ3) is 4.65. The van der Waals surface area contributed by atoms with E-state index in [0.717, 1.165) is 23.4 Å². The fourth-order valence-corrected chi connectivity index (χ4v) is 2.25. The molecule has 1 aromatic rings. The van der Waals surface area contributed by atoms with Crippen LogP contribution in [0.25, 0.3) is 0 Å². The van der Waals surface area contributed by atoms with Crippen LogP contribution >= 0.6 is 0 Å². The Bertz CT molecular complexity index is 421. The number of amides is 1. The Kier molecular flexibility index (Phi) is 5.99. The van der Waals surface area contributed by atoms with Crippen LogP contribution in [-0.4, -0.2) is 42.2 Å². The van der Waals surface area contributed by atoms with E-state index in [0.29, 0.717) is 13.1 Å². The lowest BCUT2D eigenvalue weighted by Gasteiger charge is -2.19. The molecule has 106 valence electrons. The highest BCUT2D eigenvalue weighted by molar-refractivity contribution is 5.93. The van der Waals surface area contributed by atoms with Gasteiger partial charge in [0.05, 0.1) is 13.2 Å². The zero-order chi connectivity index (χ0) is 14.4. The van der Waals surface area contributed by atoms with E-state index in [1.165, 1.54) is 5.56 Å². The summed E-state index contributed by atoms with van der Waals surface area (Å²) in [6.07, 6.45) is 0. The number of aliphatic hydroxyl groups excluding tert-OH is 1. The number of nitrogens with zero attached hydrogens (tertiary/aromatic N) is 1. The van der Waals surface area contributed by atoms with Crippen molar-refractivity contribution in [3.05, 3.63) is 28.8 Å². The van der Waals surface area contributed by atoms with Crippen molar-refractivity contribution < 1.29 is 9.90 Å². The second-order valence-electron chi connectivity index (χ2n) is 4.91. The molecule has 1 aromatic carbocycles. The van der Waals surface area contributed by atoms with Gasteiger partial charge in [0, 0.05) is 12.2 Å². The Hall–Kier alpha value is -1.39. The van der Waals surface area contributed by atoms with Crippen LogP contribution in [0, 0.1) is 20.8 Å². The van der Waals surface area contributed by atoms with E-state index in [-0.39, 0.29) is 12.5 Å². The van der Waals surface area contributed by atoms with Crippen molar-refractivity contribution in [3.8, 4) is 0 Å². The van der Waals surface area contributed by atoms with Gasteiger partial charge < -0.3 is 10.4 Å². The maximum absolute atomic E-state index is 12.0. The van der Waals surface area contributed by atoms with Gasteiger partial charge in [-0.2, -0.15) is 0 Å². The molecule has 0 aliphatic carbocycles. The van der Waals surface area contributed by atoms with Crippen LogP contribution in [0.3, 0.4) is 0 Å². The Balaban J connectivity index is 2.72. The van der Waals surface area contributed by atoms with Crippen molar-refractivity contribution in [2.24, 2.45) is 0 Å². The summed E-state index contributed by atoms with van der Waals surface area (Å²) in [4.78, 5) is 13.9. The fourth-order valence-electron chi connectivity index (χ4n) is 2.25. The van der Waals surface area contributed by atoms with E-state index in [2.05, 4.69) is 17.4 Å². The van der Waals surface area contributed by atoms with Crippen molar-refractivity contribution in [3.63, 3.8) is 0 Å². The summed E-state index contributed by atoms with van der Waals surface area (Å²) >= 11 is 0. The zero-order valence-corrected chi connectivity index (χ0v) is 12.3. The van der Waals surface area contributed by atoms with E-state index in [4.69, 9.17) is 5.11 Å². The average Bonchev–Trinajstić information content (AvgIpc) is 2.33. The van der Waals surface area contributed by atoms with Crippen LogP contribution in [0.4, 0.5) is 5.69 Å². The number of likely N-dealkylation sites (N-methyl/N-ethyl adjacent to an activating group) is 1. The highest BCUT2D eigenvalue weighted by Gasteiger charge is 2.11. The van der Waals surface area contributed by atoms with Gasteiger partial charge in [0.1, 0.15) is 0 Å². The third-order valence-electron chi connectivity index (χ3n) is 3.17. The number of aryl methyl sites for hydroxylation is 3. The van der Waals surface area contributed by atoms with Gasteiger partial charge in [0.2, 0.25) is 5.91 Å². The van der Waals surface area contributed by atoms with Gasteiger partial charge in [-0.3, -0.25) is 9.69 Å². The quantitative estimate of drug-likeness (QED) is 0.824. The van der Waals surface area contributed by atoms with Gasteiger partial charge in [-0.25, -0.2) is 0 Å². The van der Waals surface area contributed by atoms with E-state index >= 15 is 0 Å². The molecule has 4 nitrogen and oxygen atoms in total. The summed E-state index contributed by atoms with van der Waals surface area (Å²) in [5.74, 6) is -0.0367. The first kappa shape index (κ1) is 15.7. The largest absolute Gasteiger partial charge is 0.395 e. The molecule has 1 amide bonds. The maximum atomic E-state index is 12.0. The van der Waals surface area contributed by atoms with E-state index in [9.17, 15) is 4.79 Å². The van der Waals surface area contributed by atoms with Crippen LogP contribution in [0.5, 0.6) is 0 Å². The highest BCUT2D eigenvalue weighted by atomic mass is 16.3. The Morgan fingerprint density at radius 1 is 1.26 bits per heavy atom. The molecule has 0 spiro atoms. The predicted molar refractivity (Wildman–Crippen MR) is 78.5 cm³/mol. The molecular weight excluding hydrogens is 240 g/mol. The van der Waals surface area contributed by atoms with Gasteiger partial charge in [-0.1, -0.05) is 24.6 Å². The van der Waals surface area contributed by atoms with Gasteiger partial charge in [-0.05, 0) is 38.4 Å². The Labute approximate surface area is 115 Å². The van der Waals surface area contributed by atoms with E-state index in [1.807, 2.05) is 32.6 Å². The summed E-state index contributed by atoms with van der Waals surface area (Å²) in [6.45, 7) is 9.68. The fraction of sp³-hybridized carbons (Fsp3) is 0.533. The van der Waals surface area contributed by atoms with Crippen LogP contribution in [0.1, 0.15) is 23.6 Å². The maximum Gasteiger partial charge on any atom is 0.238 e. The first-order valence-corrected chi connectivity index (χ1v) is 6.68. The SMILES string of the molecule is CCN(CCO)CC(=O)Nc1c(C)cc(C)cc1C. The van der Waals surface area contributed by atoms with E-state index in [1.54, 1.807) is 0 Å². The van der Waals surface area contributed by atoms with Gasteiger partial charge in [-0.15, -0.1) is 0 Å². The molecule has 0 saturated carbocycles. The number of hydrogen-bond acceptors (Lipinski definition) is 3. The second kappa shape index (κ2) is 7.26. The molecule has 4 heteroatoms. The summed E-state index contributed by atoms with van der Waals surface area (Å²) in [6, 6.07) is 4.13. The lowest BCUT2D eigenvalue weighted by molar-refractivity contribution is -0.117. The number of hydrogen-bond donors (Lipinski definition) is 2. The molecule has 0 aliphatic heterocycles. The minimum absolute atomic E-state index is 0.0367. The molecule has 0 atom stereocenters. The molecule has 0 aliphatic rings.